The first kappa shape index (κ1) is 18.0. The van der Waals surface area contributed by atoms with Gasteiger partial charge in [-0.1, -0.05) is 38.1 Å². The Morgan fingerprint density at radius 1 is 1.08 bits per heavy atom. The van der Waals surface area contributed by atoms with E-state index in [9.17, 15) is 9.18 Å². The molecule has 1 N–H and O–H groups in total. The fraction of sp³-hybridized carbons (Fsp3) is 0.350. The first-order valence-electron chi connectivity index (χ1n) is 8.17. The Morgan fingerprint density at radius 3 is 2.25 bits per heavy atom. The number of rotatable bonds is 7. The van der Waals surface area contributed by atoms with E-state index in [1.165, 1.54) is 12.1 Å². The van der Waals surface area contributed by atoms with E-state index in [4.69, 9.17) is 4.74 Å². The summed E-state index contributed by atoms with van der Waals surface area (Å²) in [6.07, 6.45) is 0.977. The van der Waals surface area contributed by atoms with Crippen molar-refractivity contribution in [2.75, 3.05) is 7.11 Å². The first-order valence-corrected chi connectivity index (χ1v) is 8.17. The molecule has 128 valence electrons. The van der Waals surface area contributed by atoms with Crippen LogP contribution in [0, 0.1) is 11.7 Å². The van der Waals surface area contributed by atoms with Crippen LogP contribution in [0.25, 0.3) is 0 Å². The molecule has 1 atom stereocenters. The standard InChI is InChI=1S/C20H24FNO2/c1-14(2)20(16-7-11-18(24-3)12-8-16)22-19(23)13-6-15-4-9-17(21)10-5-15/h4-5,7-12,14,20H,6,13H2,1-3H3,(H,22,23). The van der Waals surface area contributed by atoms with Gasteiger partial charge in [0, 0.05) is 6.42 Å². The minimum atomic E-state index is -0.262. The second-order valence-electron chi connectivity index (χ2n) is 6.19. The summed E-state index contributed by atoms with van der Waals surface area (Å²) in [6, 6.07) is 14.0. The lowest BCUT2D eigenvalue weighted by Gasteiger charge is -2.23. The lowest BCUT2D eigenvalue weighted by molar-refractivity contribution is -0.122. The molecule has 4 heteroatoms. The summed E-state index contributed by atoms with van der Waals surface area (Å²) >= 11 is 0. The molecule has 1 amide bonds. The fourth-order valence-electron chi connectivity index (χ4n) is 2.60. The van der Waals surface area contributed by atoms with Gasteiger partial charge in [-0.3, -0.25) is 4.79 Å². The number of benzene rings is 2. The smallest absolute Gasteiger partial charge is 0.220 e. The van der Waals surface area contributed by atoms with Crippen molar-refractivity contribution in [3.05, 3.63) is 65.5 Å². The first-order chi connectivity index (χ1) is 11.5. The van der Waals surface area contributed by atoms with Crippen molar-refractivity contribution >= 4 is 5.91 Å². The molecule has 0 heterocycles. The van der Waals surface area contributed by atoms with Crippen molar-refractivity contribution in [1.82, 2.24) is 5.32 Å². The van der Waals surface area contributed by atoms with E-state index in [0.29, 0.717) is 12.8 Å². The van der Waals surface area contributed by atoms with Gasteiger partial charge in [-0.05, 0) is 47.7 Å². The zero-order chi connectivity index (χ0) is 17.5. The van der Waals surface area contributed by atoms with Crippen LogP contribution in [0.2, 0.25) is 0 Å². The second kappa shape index (κ2) is 8.48. The van der Waals surface area contributed by atoms with Gasteiger partial charge in [-0.25, -0.2) is 4.39 Å². The molecule has 0 aliphatic carbocycles. The van der Waals surface area contributed by atoms with Gasteiger partial charge in [0.05, 0.1) is 13.2 Å². The average Bonchev–Trinajstić information content (AvgIpc) is 2.59. The summed E-state index contributed by atoms with van der Waals surface area (Å²) in [5, 5.41) is 3.10. The third-order valence-electron chi connectivity index (χ3n) is 4.01. The molecule has 0 aliphatic rings. The number of hydrogen-bond acceptors (Lipinski definition) is 2. The summed E-state index contributed by atoms with van der Waals surface area (Å²) in [5.41, 5.74) is 2.01. The van der Waals surface area contributed by atoms with Crippen molar-refractivity contribution in [2.24, 2.45) is 5.92 Å². The van der Waals surface area contributed by atoms with Crippen molar-refractivity contribution in [3.63, 3.8) is 0 Å². The molecule has 2 aromatic carbocycles. The predicted octanol–water partition coefficient (Wildman–Crippen LogP) is 4.28. The third kappa shape index (κ3) is 5.08. The number of ether oxygens (including phenoxy) is 1. The van der Waals surface area contributed by atoms with Crippen molar-refractivity contribution in [2.45, 2.75) is 32.7 Å². The van der Waals surface area contributed by atoms with Gasteiger partial charge in [0.15, 0.2) is 0 Å². The van der Waals surface area contributed by atoms with Crippen LogP contribution in [0.4, 0.5) is 4.39 Å². The van der Waals surface area contributed by atoms with E-state index in [1.54, 1.807) is 19.2 Å². The summed E-state index contributed by atoms with van der Waals surface area (Å²) in [4.78, 5) is 12.3. The molecule has 1 unspecified atom stereocenters. The van der Waals surface area contributed by atoms with Gasteiger partial charge in [-0.2, -0.15) is 0 Å². The minimum Gasteiger partial charge on any atom is -0.497 e. The number of methoxy groups -OCH3 is 1. The molecule has 0 aromatic heterocycles. The quantitative estimate of drug-likeness (QED) is 0.823. The normalized spacial score (nSPS) is 12.0. The molecule has 3 nitrogen and oxygen atoms in total. The highest BCUT2D eigenvalue weighted by Gasteiger charge is 2.18. The lowest BCUT2D eigenvalue weighted by Crippen LogP contribution is -2.31. The molecule has 0 fully saturated rings. The number of nitrogens with one attached hydrogen (secondary N) is 1. The molecular weight excluding hydrogens is 305 g/mol. The van der Waals surface area contributed by atoms with Gasteiger partial charge in [0.25, 0.3) is 0 Å². The molecule has 0 radical (unpaired) electrons. The van der Waals surface area contributed by atoms with Crippen LogP contribution in [0.3, 0.4) is 0 Å². The molecule has 0 spiro atoms. The largest absolute Gasteiger partial charge is 0.497 e. The Morgan fingerprint density at radius 2 is 1.71 bits per heavy atom. The lowest BCUT2D eigenvalue weighted by atomic mass is 9.95. The highest BCUT2D eigenvalue weighted by atomic mass is 19.1. The maximum absolute atomic E-state index is 12.9. The van der Waals surface area contributed by atoms with Crippen LogP contribution < -0.4 is 10.1 Å². The van der Waals surface area contributed by atoms with Gasteiger partial charge >= 0.3 is 0 Å². The van der Waals surface area contributed by atoms with E-state index >= 15 is 0 Å². The van der Waals surface area contributed by atoms with Gasteiger partial charge in [0.1, 0.15) is 11.6 Å². The van der Waals surface area contributed by atoms with Gasteiger partial charge < -0.3 is 10.1 Å². The summed E-state index contributed by atoms with van der Waals surface area (Å²) in [7, 11) is 1.63. The number of carbonyl (C=O) groups excluding carboxylic acids is 1. The maximum atomic E-state index is 12.9. The monoisotopic (exact) mass is 329 g/mol. The van der Waals surface area contributed by atoms with Crippen LogP contribution >= 0.6 is 0 Å². The van der Waals surface area contributed by atoms with Crippen LogP contribution in [0.1, 0.15) is 37.4 Å². The molecule has 0 bridgehead atoms. The fourth-order valence-corrected chi connectivity index (χ4v) is 2.60. The number of amides is 1. The van der Waals surface area contributed by atoms with Crippen molar-refractivity contribution in [3.8, 4) is 5.75 Å². The molecular formula is C20H24FNO2. The molecule has 2 aromatic rings. The summed E-state index contributed by atoms with van der Waals surface area (Å²) in [5.74, 6) is 0.800. The van der Waals surface area contributed by atoms with Crippen molar-refractivity contribution in [1.29, 1.82) is 0 Å². The third-order valence-corrected chi connectivity index (χ3v) is 4.01. The Hall–Kier alpha value is -2.36. The SMILES string of the molecule is COc1ccc(C(NC(=O)CCc2ccc(F)cc2)C(C)C)cc1. The number of hydrogen-bond donors (Lipinski definition) is 1. The average molecular weight is 329 g/mol. The van der Waals surface area contributed by atoms with E-state index < -0.39 is 0 Å². The van der Waals surface area contributed by atoms with Crippen LogP contribution in [-0.2, 0) is 11.2 Å². The Balaban J connectivity index is 1.96. The second-order valence-corrected chi connectivity index (χ2v) is 6.19. The Kier molecular flexibility index (Phi) is 6.36. The number of carbonyl (C=O) groups is 1. The molecule has 2 rings (SSSR count). The highest BCUT2D eigenvalue weighted by Crippen LogP contribution is 2.24. The van der Waals surface area contributed by atoms with Crippen LogP contribution in [0.5, 0.6) is 5.75 Å². The van der Waals surface area contributed by atoms with E-state index in [-0.39, 0.29) is 23.7 Å². The Bertz CT molecular complexity index is 650. The minimum absolute atomic E-state index is 0.00570. The van der Waals surface area contributed by atoms with Gasteiger partial charge in [0.2, 0.25) is 5.91 Å². The number of halogens is 1. The summed E-state index contributed by atoms with van der Waals surface area (Å²) in [6.45, 7) is 4.16. The van der Waals surface area contributed by atoms with E-state index in [2.05, 4.69) is 19.2 Å². The number of aryl methyl sites for hydroxylation is 1. The molecule has 24 heavy (non-hydrogen) atoms. The predicted molar refractivity (Wildman–Crippen MR) is 93.4 cm³/mol. The van der Waals surface area contributed by atoms with E-state index in [1.807, 2.05) is 24.3 Å². The maximum Gasteiger partial charge on any atom is 0.220 e. The van der Waals surface area contributed by atoms with Crippen LogP contribution in [-0.4, -0.2) is 13.0 Å². The molecule has 0 saturated carbocycles. The van der Waals surface area contributed by atoms with Crippen LogP contribution in [0.15, 0.2) is 48.5 Å². The Labute approximate surface area is 142 Å². The van der Waals surface area contributed by atoms with E-state index in [0.717, 1.165) is 16.9 Å². The highest BCUT2D eigenvalue weighted by molar-refractivity contribution is 5.76. The zero-order valence-corrected chi connectivity index (χ0v) is 14.4. The van der Waals surface area contributed by atoms with Crippen molar-refractivity contribution < 1.29 is 13.9 Å². The topological polar surface area (TPSA) is 38.3 Å². The summed E-state index contributed by atoms with van der Waals surface area (Å²) < 4.78 is 18.1. The van der Waals surface area contributed by atoms with Gasteiger partial charge in [-0.15, -0.1) is 0 Å². The molecule has 0 saturated heterocycles. The molecule has 0 aliphatic heterocycles. The zero-order valence-electron chi connectivity index (χ0n) is 14.4.